The third kappa shape index (κ3) is 6.28. The summed E-state index contributed by atoms with van der Waals surface area (Å²) in [5.74, 6) is -0.595. The van der Waals surface area contributed by atoms with Crippen LogP contribution >= 0.6 is 34.5 Å². The Labute approximate surface area is 205 Å². The largest absolute Gasteiger partial charge is 0.296 e. The number of hydrogen-bond acceptors (Lipinski definition) is 8. The summed E-state index contributed by atoms with van der Waals surface area (Å²) in [4.78, 5) is 12.5. The Kier molecular flexibility index (Phi) is 7.76. The molecular weight excluding hydrogens is 531 g/mol. The molecule has 1 aromatic heterocycles. The highest BCUT2D eigenvalue weighted by atomic mass is 35.5. The molecule has 0 fully saturated rings. The van der Waals surface area contributed by atoms with Gasteiger partial charge in [-0.3, -0.25) is 10.1 Å². The molecule has 3 aromatic rings. The zero-order valence-corrected chi connectivity index (χ0v) is 21.2. The molecule has 1 amide bonds. The Hall–Kier alpha value is -2.09. The quantitative estimate of drug-likeness (QED) is 0.407. The van der Waals surface area contributed by atoms with Crippen LogP contribution in [0.3, 0.4) is 0 Å². The normalized spacial score (nSPS) is 13.0. The van der Waals surface area contributed by atoms with Gasteiger partial charge in [0.1, 0.15) is 0 Å². The van der Waals surface area contributed by atoms with E-state index in [0.29, 0.717) is 28.3 Å². The van der Waals surface area contributed by atoms with Crippen LogP contribution in [-0.4, -0.2) is 39.2 Å². The van der Waals surface area contributed by atoms with Gasteiger partial charge in [0.25, 0.3) is 15.9 Å². The van der Waals surface area contributed by atoms with Gasteiger partial charge >= 0.3 is 0 Å². The number of benzene rings is 2. The summed E-state index contributed by atoms with van der Waals surface area (Å²) < 4.78 is 51.1. The van der Waals surface area contributed by atoms with Crippen molar-refractivity contribution >= 4 is 65.4 Å². The minimum absolute atomic E-state index is 0.0306. The topological polar surface area (TPSA) is 135 Å². The summed E-state index contributed by atoms with van der Waals surface area (Å²) in [5.41, 5.74) is 0.728. The molecule has 0 aliphatic heterocycles. The lowest BCUT2D eigenvalue weighted by molar-refractivity contribution is 0.102. The van der Waals surface area contributed by atoms with Crippen LogP contribution in [0.2, 0.25) is 10.0 Å². The van der Waals surface area contributed by atoms with E-state index in [2.05, 4.69) is 20.2 Å². The third-order valence-corrected chi connectivity index (χ3v) is 8.80. The highest BCUT2D eigenvalue weighted by Crippen LogP contribution is 2.26. The fraction of sp³-hybridized carbons (Fsp3) is 0.211. The lowest BCUT2D eigenvalue weighted by atomic mass is 10.1. The van der Waals surface area contributed by atoms with Crippen molar-refractivity contribution in [3.63, 3.8) is 0 Å². The number of amides is 1. The van der Waals surface area contributed by atoms with Gasteiger partial charge in [-0.1, -0.05) is 53.6 Å². The van der Waals surface area contributed by atoms with E-state index in [4.69, 9.17) is 23.2 Å². The minimum atomic E-state index is -4.07. The lowest BCUT2D eigenvalue weighted by Crippen LogP contribution is -2.28. The maximum atomic E-state index is 12.8. The number of sulfonamides is 1. The van der Waals surface area contributed by atoms with Crippen LogP contribution in [0.5, 0.6) is 0 Å². The highest BCUT2D eigenvalue weighted by molar-refractivity contribution is 7.91. The molecule has 0 spiro atoms. The molecule has 1 heterocycles. The first-order valence-corrected chi connectivity index (χ1v) is 14.3. The molecule has 0 saturated carbocycles. The van der Waals surface area contributed by atoms with Crippen LogP contribution in [0.15, 0.2) is 51.7 Å². The van der Waals surface area contributed by atoms with Crippen molar-refractivity contribution in [3.8, 4) is 0 Å². The number of halogens is 2. The van der Waals surface area contributed by atoms with Crippen molar-refractivity contribution in [1.82, 2.24) is 14.9 Å². The third-order valence-electron chi connectivity index (χ3n) is 4.45. The summed E-state index contributed by atoms with van der Waals surface area (Å²) in [6.45, 7) is 1.78. The van der Waals surface area contributed by atoms with Crippen LogP contribution in [0.1, 0.15) is 35.3 Å². The predicted molar refractivity (Wildman–Crippen MR) is 127 cm³/mol. The average Bonchev–Trinajstić information content (AvgIpc) is 3.21. The molecule has 0 bridgehead atoms. The maximum absolute atomic E-state index is 12.8. The molecule has 176 valence electrons. The van der Waals surface area contributed by atoms with Crippen LogP contribution in [0.4, 0.5) is 5.13 Å². The van der Waals surface area contributed by atoms with E-state index in [1.165, 1.54) is 30.3 Å². The van der Waals surface area contributed by atoms with Gasteiger partial charge in [-0.15, -0.1) is 10.2 Å². The number of carbonyl (C=O) groups is 1. The number of hydrogen-bond donors (Lipinski definition) is 2. The molecular formula is C19H18Cl2N4O5S3. The number of aromatic nitrogens is 2. The molecule has 3 rings (SSSR count). The van der Waals surface area contributed by atoms with E-state index in [0.717, 1.165) is 6.26 Å². The smallest absolute Gasteiger partial charge is 0.270 e. The predicted octanol–water partition coefficient (Wildman–Crippen LogP) is 3.93. The number of carbonyl (C=O) groups excluding carboxylic acids is 1. The minimum Gasteiger partial charge on any atom is -0.296 e. The zero-order valence-electron chi connectivity index (χ0n) is 17.2. The van der Waals surface area contributed by atoms with E-state index in [1.807, 2.05) is 0 Å². The van der Waals surface area contributed by atoms with Crippen molar-refractivity contribution in [3.05, 3.63) is 63.6 Å². The molecule has 0 aliphatic rings. The van der Waals surface area contributed by atoms with Crippen molar-refractivity contribution in [1.29, 1.82) is 0 Å². The second-order valence-corrected chi connectivity index (χ2v) is 12.6. The van der Waals surface area contributed by atoms with E-state index < -0.39 is 31.8 Å². The summed E-state index contributed by atoms with van der Waals surface area (Å²) in [5, 5.41) is 10.3. The molecule has 0 radical (unpaired) electrons. The number of anilines is 1. The van der Waals surface area contributed by atoms with Gasteiger partial charge in [0.05, 0.1) is 15.5 Å². The number of nitrogens with one attached hydrogen (secondary N) is 2. The van der Waals surface area contributed by atoms with Crippen LogP contribution in [0.25, 0.3) is 0 Å². The molecule has 1 atom stereocenters. The number of sulfone groups is 1. The number of rotatable bonds is 8. The second-order valence-electron chi connectivity index (χ2n) is 6.87. The average molecular weight is 549 g/mol. The van der Waals surface area contributed by atoms with Crippen LogP contribution in [0, 0.1) is 0 Å². The van der Waals surface area contributed by atoms with Crippen molar-refractivity contribution in [2.45, 2.75) is 28.6 Å². The van der Waals surface area contributed by atoms with Gasteiger partial charge < -0.3 is 0 Å². The Morgan fingerprint density at radius 1 is 1.06 bits per heavy atom. The van der Waals surface area contributed by atoms with Gasteiger partial charge in [0, 0.05) is 17.3 Å². The summed E-state index contributed by atoms with van der Waals surface area (Å²) >= 11 is 12.5. The standard InChI is InChI=1S/C19H18Cl2N4O5S3/c1-3-16(11-4-7-13(8-5-11)32(2,27)28)25-33(29,30)19-24-23-18(31-19)22-17(26)14-9-6-12(20)10-15(14)21/h4-10,16,25H,3H2,1-2H3,(H,22,23,26)/t16-/m1/s1. The first-order valence-electron chi connectivity index (χ1n) is 9.33. The molecule has 0 saturated heterocycles. The second kappa shape index (κ2) is 10.0. The van der Waals surface area contributed by atoms with Gasteiger partial charge in [-0.2, -0.15) is 0 Å². The fourth-order valence-corrected chi connectivity index (χ4v) is 6.12. The maximum Gasteiger partial charge on any atom is 0.270 e. The van der Waals surface area contributed by atoms with Crippen LogP contribution in [-0.2, 0) is 19.9 Å². The van der Waals surface area contributed by atoms with Crippen LogP contribution < -0.4 is 10.0 Å². The molecule has 33 heavy (non-hydrogen) atoms. The zero-order chi connectivity index (χ0) is 24.4. The van der Waals surface area contributed by atoms with E-state index in [1.54, 1.807) is 19.1 Å². The summed E-state index contributed by atoms with van der Waals surface area (Å²) in [7, 11) is -7.44. The van der Waals surface area contributed by atoms with Gasteiger partial charge in [0.2, 0.25) is 9.47 Å². The molecule has 2 N–H and O–H groups in total. The van der Waals surface area contributed by atoms with E-state index >= 15 is 0 Å². The highest BCUT2D eigenvalue weighted by Gasteiger charge is 2.25. The van der Waals surface area contributed by atoms with Gasteiger partial charge in [0.15, 0.2) is 9.84 Å². The Morgan fingerprint density at radius 2 is 1.73 bits per heavy atom. The Balaban J connectivity index is 1.75. The van der Waals surface area contributed by atoms with E-state index in [-0.39, 0.29) is 25.0 Å². The molecule has 9 nitrogen and oxygen atoms in total. The monoisotopic (exact) mass is 548 g/mol. The Bertz CT molecular complexity index is 1390. The molecule has 0 unspecified atom stereocenters. The fourth-order valence-electron chi connectivity index (χ4n) is 2.78. The molecule has 14 heteroatoms. The first-order chi connectivity index (χ1) is 15.4. The lowest BCUT2D eigenvalue weighted by Gasteiger charge is -2.16. The van der Waals surface area contributed by atoms with Crippen molar-refractivity contribution in [2.75, 3.05) is 11.6 Å². The van der Waals surface area contributed by atoms with Gasteiger partial charge in [-0.05, 0) is 42.3 Å². The summed E-state index contributed by atoms with van der Waals surface area (Å²) in [6.07, 6.45) is 1.49. The first kappa shape index (κ1) is 25.5. The SMILES string of the molecule is CC[C@@H](NS(=O)(=O)c1nnc(NC(=O)c2ccc(Cl)cc2Cl)s1)c1ccc(S(C)(=O)=O)cc1. The summed E-state index contributed by atoms with van der Waals surface area (Å²) in [6, 6.07) is 9.65. The van der Waals surface area contributed by atoms with Crippen molar-refractivity contribution < 1.29 is 21.6 Å². The molecule has 0 aliphatic carbocycles. The van der Waals surface area contributed by atoms with E-state index in [9.17, 15) is 21.6 Å². The Morgan fingerprint density at radius 3 is 2.30 bits per heavy atom. The molecule has 2 aromatic carbocycles. The van der Waals surface area contributed by atoms with Gasteiger partial charge in [-0.25, -0.2) is 21.6 Å². The number of nitrogens with zero attached hydrogens (tertiary/aromatic N) is 2. The van der Waals surface area contributed by atoms with Crippen molar-refractivity contribution in [2.24, 2.45) is 0 Å².